The predicted octanol–water partition coefficient (Wildman–Crippen LogP) is 6.97. The van der Waals surface area contributed by atoms with E-state index in [9.17, 15) is 0 Å². The quantitative estimate of drug-likeness (QED) is 0.467. The van der Waals surface area contributed by atoms with E-state index in [1.165, 1.54) is 103 Å². The Morgan fingerprint density at radius 2 is 0.929 bits per heavy atom. The minimum Gasteiger partial charge on any atom is -0.309 e. The van der Waals surface area contributed by atoms with Crippen molar-refractivity contribution in [3.05, 3.63) is 0 Å². The topological polar surface area (TPSA) is 24.1 Å². The first-order chi connectivity index (χ1) is 13.5. The van der Waals surface area contributed by atoms with Gasteiger partial charge in [-0.2, -0.15) is 0 Å². The van der Waals surface area contributed by atoms with Crippen LogP contribution < -0.4 is 10.6 Å². The van der Waals surface area contributed by atoms with Crippen LogP contribution in [0.2, 0.25) is 0 Å². The van der Waals surface area contributed by atoms with Gasteiger partial charge >= 0.3 is 0 Å². The summed E-state index contributed by atoms with van der Waals surface area (Å²) in [5.41, 5.74) is 0.719. The summed E-state index contributed by atoms with van der Waals surface area (Å²) in [6, 6.07) is 1.53. The molecule has 164 valence electrons. The van der Waals surface area contributed by atoms with Gasteiger partial charge in [0.2, 0.25) is 0 Å². The maximum atomic E-state index is 4.20. The Bertz CT molecular complexity index is 443. The molecule has 2 N–H and O–H groups in total. The third kappa shape index (κ3) is 5.54. The lowest BCUT2D eigenvalue weighted by Gasteiger charge is -2.47. The van der Waals surface area contributed by atoms with E-state index in [0.29, 0.717) is 11.1 Å². The summed E-state index contributed by atoms with van der Waals surface area (Å²) >= 11 is 0. The standard InChI is InChI=1S/C26H50N2/c1-5-25(3,21-13-9-7-10-14-21)28-24-19-17-22(18-20-24)26(4,6-2)27-23-15-11-8-12-16-23/h21-24,27-28H,5-20H2,1-4H3. The molecule has 0 saturated heterocycles. The zero-order valence-corrected chi connectivity index (χ0v) is 19.6. The van der Waals surface area contributed by atoms with Crippen molar-refractivity contribution in [2.24, 2.45) is 11.8 Å². The molecule has 3 saturated carbocycles. The smallest absolute Gasteiger partial charge is 0.0181 e. The molecule has 3 rings (SSSR count). The molecule has 2 unspecified atom stereocenters. The van der Waals surface area contributed by atoms with Crippen LogP contribution in [0.5, 0.6) is 0 Å². The van der Waals surface area contributed by atoms with Crippen LogP contribution in [0, 0.1) is 11.8 Å². The van der Waals surface area contributed by atoms with Crippen molar-refractivity contribution >= 4 is 0 Å². The number of hydrogen-bond donors (Lipinski definition) is 2. The molecule has 3 fully saturated rings. The van der Waals surface area contributed by atoms with Crippen LogP contribution in [0.1, 0.15) is 130 Å². The molecule has 0 aliphatic heterocycles. The van der Waals surface area contributed by atoms with E-state index in [1.807, 2.05) is 0 Å². The van der Waals surface area contributed by atoms with Crippen molar-refractivity contribution in [3.8, 4) is 0 Å². The van der Waals surface area contributed by atoms with Crippen molar-refractivity contribution in [2.45, 2.75) is 154 Å². The molecule has 0 radical (unpaired) electrons. The molecule has 0 bridgehead atoms. The van der Waals surface area contributed by atoms with Crippen LogP contribution >= 0.6 is 0 Å². The first kappa shape index (κ1) is 22.6. The fraction of sp³-hybridized carbons (Fsp3) is 1.00. The van der Waals surface area contributed by atoms with E-state index in [2.05, 4.69) is 38.3 Å². The third-order valence-electron chi connectivity index (χ3n) is 9.28. The van der Waals surface area contributed by atoms with Crippen LogP contribution in [0.3, 0.4) is 0 Å². The van der Waals surface area contributed by atoms with Crippen molar-refractivity contribution in [3.63, 3.8) is 0 Å². The van der Waals surface area contributed by atoms with Gasteiger partial charge in [0.15, 0.2) is 0 Å². The summed E-state index contributed by atoms with van der Waals surface area (Å²) in [5.74, 6) is 1.76. The minimum atomic E-state index is 0.352. The molecular formula is C26H50N2. The lowest BCUT2D eigenvalue weighted by Crippen LogP contribution is -2.57. The molecule has 3 aliphatic carbocycles. The van der Waals surface area contributed by atoms with E-state index in [-0.39, 0.29) is 0 Å². The first-order valence-corrected chi connectivity index (χ1v) is 13.0. The first-order valence-electron chi connectivity index (χ1n) is 13.0. The van der Waals surface area contributed by atoms with Crippen LogP contribution in [0.25, 0.3) is 0 Å². The molecule has 2 atom stereocenters. The van der Waals surface area contributed by atoms with Gasteiger partial charge < -0.3 is 10.6 Å². The number of hydrogen-bond acceptors (Lipinski definition) is 2. The largest absolute Gasteiger partial charge is 0.309 e. The molecule has 0 heterocycles. The highest BCUT2D eigenvalue weighted by Gasteiger charge is 2.40. The average molecular weight is 391 g/mol. The van der Waals surface area contributed by atoms with E-state index < -0.39 is 0 Å². The van der Waals surface area contributed by atoms with Gasteiger partial charge in [0.25, 0.3) is 0 Å². The second kappa shape index (κ2) is 10.3. The zero-order chi connectivity index (χ0) is 20.0. The van der Waals surface area contributed by atoms with Crippen molar-refractivity contribution < 1.29 is 0 Å². The second-order valence-electron chi connectivity index (χ2n) is 11.0. The molecule has 0 aromatic heterocycles. The van der Waals surface area contributed by atoms with E-state index in [4.69, 9.17) is 0 Å². The highest BCUT2D eigenvalue weighted by atomic mass is 15.0. The summed E-state index contributed by atoms with van der Waals surface area (Å²) in [5, 5.41) is 8.36. The van der Waals surface area contributed by atoms with E-state index in [0.717, 1.165) is 23.9 Å². The third-order valence-corrected chi connectivity index (χ3v) is 9.28. The summed E-state index contributed by atoms with van der Waals surface area (Å²) in [4.78, 5) is 0. The van der Waals surface area contributed by atoms with Gasteiger partial charge in [-0.15, -0.1) is 0 Å². The monoisotopic (exact) mass is 390 g/mol. The van der Waals surface area contributed by atoms with Gasteiger partial charge in [-0.05, 0) is 89.9 Å². The van der Waals surface area contributed by atoms with E-state index >= 15 is 0 Å². The lowest BCUT2D eigenvalue weighted by atomic mass is 9.70. The maximum Gasteiger partial charge on any atom is 0.0181 e. The van der Waals surface area contributed by atoms with Gasteiger partial charge in [-0.25, -0.2) is 0 Å². The summed E-state index contributed by atoms with van der Waals surface area (Å²) < 4.78 is 0. The normalized spacial score (nSPS) is 32.6. The zero-order valence-electron chi connectivity index (χ0n) is 19.6. The molecule has 2 heteroatoms. The van der Waals surface area contributed by atoms with Gasteiger partial charge in [-0.3, -0.25) is 0 Å². The van der Waals surface area contributed by atoms with Gasteiger partial charge in [-0.1, -0.05) is 52.4 Å². The van der Waals surface area contributed by atoms with Crippen LogP contribution in [0.4, 0.5) is 0 Å². The highest BCUT2D eigenvalue weighted by molar-refractivity contribution is 4.98. The highest BCUT2D eigenvalue weighted by Crippen LogP contribution is 2.39. The molecule has 0 spiro atoms. The molecule has 0 aromatic rings. The molecular weight excluding hydrogens is 340 g/mol. The minimum absolute atomic E-state index is 0.352. The Hall–Kier alpha value is -0.0800. The average Bonchev–Trinajstić information content (AvgIpc) is 2.75. The van der Waals surface area contributed by atoms with Crippen LogP contribution in [-0.4, -0.2) is 23.2 Å². The Kier molecular flexibility index (Phi) is 8.31. The Morgan fingerprint density at radius 1 is 0.536 bits per heavy atom. The van der Waals surface area contributed by atoms with Gasteiger partial charge in [0.1, 0.15) is 0 Å². The van der Waals surface area contributed by atoms with E-state index in [1.54, 1.807) is 0 Å². The fourth-order valence-corrected chi connectivity index (χ4v) is 6.81. The summed E-state index contributed by atoms with van der Waals surface area (Å²) in [6.45, 7) is 9.90. The van der Waals surface area contributed by atoms with Crippen LogP contribution in [0.15, 0.2) is 0 Å². The predicted molar refractivity (Wildman–Crippen MR) is 123 cm³/mol. The SMILES string of the molecule is CCC(C)(NC1CCC(C(C)(CC)NC2CCCCC2)CC1)C1CCCCC1. The fourth-order valence-electron chi connectivity index (χ4n) is 6.81. The maximum absolute atomic E-state index is 4.20. The number of rotatable bonds is 8. The lowest BCUT2D eigenvalue weighted by molar-refractivity contribution is 0.103. The molecule has 0 aromatic carbocycles. The summed E-state index contributed by atoms with van der Waals surface area (Å²) in [6.07, 6.45) is 22.6. The Labute approximate surface area is 176 Å². The molecule has 2 nitrogen and oxygen atoms in total. The molecule has 28 heavy (non-hydrogen) atoms. The van der Waals surface area contributed by atoms with Gasteiger partial charge in [0, 0.05) is 23.2 Å². The second-order valence-corrected chi connectivity index (χ2v) is 11.0. The summed E-state index contributed by atoms with van der Waals surface area (Å²) in [7, 11) is 0. The molecule has 0 amide bonds. The van der Waals surface area contributed by atoms with Crippen molar-refractivity contribution in [1.29, 1.82) is 0 Å². The van der Waals surface area contributed by atoms with Crippen molar-refractivity contribution in [1.82, 2.24) is 10.6 Å². The Balaban J connectivity index is 1.52. The Morgan fingerprint density at radius 3 is 1.39 bits per heavy atom. The van der Waals surface area contributed by atoms with Crippen molar-refractivity contribution in [2.75, 3.05) is 0 Å². The molecule has 3 aliphatic rings. The number of nitrogens with one attached hydrogen (secondary N) is 2. The van der Waals surface area contributed by atoms with Crippen LogP contribution in [-0.2, 0) is 0 Å². The van der Waals surface area contributed by atoms with Gasteiger partial charge in [0.05, 0.1) is 0 Å².